The van der Waals surface area contributed by atoms with Crippen LogP contribution >= 0.6 is 0 Å². The van der Waals surface area contributed by atoms with Crippen LogP contribution in [0.15, 0.2) is 6.07 Å². The van der Waals surface area contributed by atoms with Crippen LogP contribution in [0.2, 0.25) is 0 Å². The third-order valence-corrected chi connectivity index (χ3v) is 3.34. The summed E-state index contributed by atoms with van der Waals surface area (Å²) in [4.78, 5) is 11.4. The Hall–Kier alpha value is -1.40. The highest BCUT2D eigenvalue weighted by Gasteiger charge is 2.28. The van der Waals surface area contributed by atoms with Gasteiger partial charge in [-0.25, -0.2) is 9.97 Å². The van der Waals surface area contributed by atoms with Crippen LogP contribution in [0.25, 0.3) is 0 Å². The third-order valence-electron chi connectivity index (χ3n) is 3.34. The largest absolute Gasteiger partial charge is 0.377 e. The Morgan fingerprint density at radius 3 is 2.90 bits per heavy atom. The van der Waals surface area contributed by atoms with E-state index in [0.717, 1.165) is 37.7 Å². The van der Waals surface area contributed by atoms with Crippen LogP contribution in [0, 0.1) is 0 Å². The molecule has 0 aromatic carbocycles. The van der Waals surface area contributed by atoms with Crippen molar-refractivity contribution in [3.8, 4) is 0 Å². The minimum Gasteiger partial charge on any atom is -0.377 e. The Balaban J connectivity index is 2.21. The monoisotopic (exact) mass is 294 g/mol. The molecule has 1 aliphatic rings. The number of aromatic nitrogens is 2. The molecule has 1 saturated heterocycles. The van der Waals surface area contributed by atoms with E-state index in [4.69, 9.17) is 9.47 Å². The summed E-state index contributed by atoms with van der Waals surface area (Å²) in [6.07, 6.45) is 1.06. The molecule has 0 atom stereocenters. The molecule has 0 saturated carbocycles. The maximum absolute atomic E-state index is 5.76. The second kappa shape index (κ2) is 7.04. The second-order valence-electron chi connectivity index (χ2n) is 5.92. The van der Waals surface area contributed by atoms with E-state index in [9.17, 15) is 0 Å². The fourth-order valence-electron chi connectivity index (χ4n) is 2.39. The zero-order chi connectivity index (χ0) is 15.3. The van der Waals surface area contributed by atoms with Gasteiger partial charge in [-0.05, 0) is 20.3 Å². The van der Waals surface area contributed by atoms with Crippen molar-refractivity contribution in [3.63, 3.8) is 0 Å². The quantitative estimate of drug-likeness (QED) is 0.866. The normalized spacial score (nSPS) is 17.8. The second-order valence-corrected chi connectivity index (χ2v) is 5.92. The van der Waals surface area contributed by atoms with Crippen molar-refractivity contribution >= 4 is 11.6 Å². The number of ether oxygens (including phenoxy) is 2. The maximum Gasteiger partial charge on any atom is 0.158 e. The summed E-state index contributed by atoms with van der Waals surface area (Å²) in [5.41, 5.74) is -0.151. The van der Waals surface area contributed by atoms with Crippen LogP contribution < -0.4 is 10.2 Å². The molecule has 1 fully saturated rings. The summed E-state index contributed by atoms with van der Waals surface area (Å²) in [6.45, 7) is 10.0. The third kappa shape index (κ3) is 4.54. The lowest BCUT2D eigenvalue weighted by Crippen LogP contribution is -2.48. The fourth-order valence-corrected chi connectivity index (χ4v) is 2.39. The molecule has 0 spiro atoms. The molecule has 2 rings (SSSR count). The van der Waals surface area contributed by atoms with E-state index in [1.54, 1.807) is 7.11 Å². The van der Waals surface area contributed by atoms with Crippen molar-refractivity contribution in [2.24, 2.45) is 0 Å². The fraction of sp³-hybridized carbons (Fsp3) is 0.733. The standard InChI is InChI=1S/C15H26N4O2/c1-5-6-16-12-9-14(18-13(17-12)10-20-4)19-7-8-21-15(2,3)11-19/h9H,5-8,10-11H2,1-4H3,(H,16,17,18). The number of hydrogen-bond acceptors (Lipinski definition) is 6. The minimum atomic E-state index is -0.151. The average Bonchev–Trinajstić information content (AvgIpc) is 2.44. The number of anilines is 2. The van der Waals surface area contributed by atoms with Gasteiger partial charge < -0.3 is 19.7 Å². The summed E-state index contributed by atoms with van der Waals surface area (Å²) in [5.74, 6) is 2.50. The van der Waals surface area contributed by atoms with Crippen LogP contribution in [0.4, 0.5) is 11.6 Å². The van der Waals surface area contributed by atoms with Gasteiger partial charge in [0.25, 0.3) is 0 Å². The molecule has 1 aromatic heterocycles. The number of morpholine rings is 1. The molecule has 1 aromatic rings. The molecule has 2 heterocycles. The predicted molar refractivity (Wildman–Crippen MR) is 83.8 cm³/mol. The van der Waals surface area contributed by atoms with Crippen molar-refractivity contribution in [2.75, 3.05) is 43.6 Å². The van der Waals surface area contributed by atoms with Crippen LogP contribution in [0.3, 0.4) is 0 Å². The van der Waals surface area contributed by atoms with Gasteiger partial charge in [0.15, 0.2) is 5.82 Å². The number of nitrogens with zero attached hydrogens (tertiary/aromatic N) is 3. The van der Waals surface area contributed by atoms with E-state index in [2.05, 4.69) is 41.0 Å². The highest BCUT2D eigenvalue weighted by Crippen LogP contribution is 2.23. The van der Waals surface area contributed by atoms with Crippen LogP contribution in [-0.2, 0) is 16.1 Å². The smallest absolute Gasteiger partial charge is 0.158 e. The van der Waals surface area contributed by atoms with Crippen LogP contribution in [-0.4, -0.2) is 48.9 Å². The van der Waals surface area contributed by atoms with Gasteiger partial charge >= 0.3 is 0 Å². The van der Waals surface area contributed by atoms with E-state index in [-0.39, 0.29) is 5.60 Å². The van der Waals surface area contributed by atoms with Gasteiger partial charge in [-0.3, -0.25) is 0 Å². The van der Waals surface area contributed by atoms with E-state index >= 15 is 0 Å². The summed E-state index contributed by atoms with van der Waals surface area (Å²) >= 11 is 0. The molecule has 21 heavy (non-hydrogen) atoms. The zero-order valence-electron chi connectivity index (χ0n) is 13.5. The Labute approximate surface area is 126 Å². The summed E-state index contributed by atoms with van der Waals surface area (Å²) in [6, 6.07) is 2.01. The van der Waals surface area contributed by atoms with Crippen molar-refractivity contribution < 1.29 is 9.47 Å². The van der Waals surface area contributed by atoms with Crippen molar-refractivity contribution in [3.05, 3.63) is 11.9 Å². The molecular formula is C15H26N4O2. The Morgan fingerprint density at radius 1 is 1.43 bits per heavy atom. The summed E-state index contributed by atoms with van der Waals surface area (Å²) in [7, 11) is 1.66. The van der Waals surface area contributed by atoms with Crippen molar-refractivity contribution in [1.82, 2.24) is 9.97 Å². The number of methoxy groups -OCH3 is 1. The first-order valence-electron chi connectivity index (χ1n) is 7.54. The number of rotatable bonds is 6. The Morgan fingerprint density at radius 2 is 2.24 bits per heavy atom. The highest BCUT2D eigenvalue weighted by atomic mass is 16.5. The van der Waals surface area contributed by atoms with Gasteiger partial charge in [-0.1, -0.05) is 6.92 Å². The van der Waals surface area contributed by atoms with Gasteiger partial charge in [0.2, 0.25) is 0 Å². The Bertz CT molecular complexity index is 465. The number of nitrogens with one attached hydrogen (secondary N) is 1. The molecule has 118 valence electrons. The first kappa shape index (κ1) is 16.0. The molecule has 0 radical (unpaired) electrons. The molecule has 6 heteroatoms. The minimum absolute atomic E-state index is 0.151. The summed E-state index contributed by atoms with van der Waals surface area (Å²) in [5, 5.41) is 3.33. The summed E-state index contributed by atoms with van der Waals surface area (Å²) < 4.78 is 10.9. The molecule has 0 amide bonds. The lowest BCUT2D eigenvalue weighted by molar-refractivity contribution is -0.0279. The molecule has 0 unspecified atom stereocenters. The number of hydrogen-bond donors (Lipinski definition) is 1. The van der Waals surface area contributed by atoms with Gasteiger partial charge in [-0.15, -0.1) is 0 Å². The topological polar surface area (TPSA) is 59.5 Å². The van der Waals surface area contributed by atoms with Crippen LogP contribution in [0.1, 0.15) is 33.0 Å². The van der Waals surface area contributed by atoms with Crippen LogP contribution in [0.5, 0.6) is 0 Å². The van der Waals surface area contributed by atoms with Crippen molar-refractivity contribution in [2.45, 2.75) is 39.4 Å². The van der Waals surface area contributed by atoms with Gasteiger partial charge in [0, 0.05) is 32.8 Å². The van der Waals surface area contributed by atoms with E-state index in [1.165, 1.54) is 0 Å². The molecule has 1 aliphatic heterocycles. The highest BCUT2D eigenvalue weighted by molar-refractivity contribution is 5.50. The molecule has 0 bridgehead atoms. The van der Waals surface area contributed by atoms with Gasteiger partial charge in [-0.2, -0.15) is 0 Å². The first-order chi connectivity index (χ1) is 10.0. The molecule has 0 aliphatic carbocycles. The zero-order valence-corrected chi connectivity index (χ0v) is 13.5. The van der Waals surface area contributed by atoms with Gasteiger partial charge in [0.05, 0.1) is 12.2 Å². The predicted octanol–water partition coefficient (Wildman–Crippen LogP) is 2.06. The van der Waals surface area contributed by atoms with E-state index in [0.29, 0.717) is 19.0 Å². The van der Waals surface area contributed by atoms with Gasteiger partial charge in [0.1, 0.15) is 18.2 Å². The lowest BCUT2D eigenvalue weighted by atomic mass is 10.1. The van der Waals surface area contributed by atoms with E-state index < -0.39 is 0 Å². The first-order valence-corrected chi connectivity index (χ1v) is 7.54. The van der Waals surface area contributed by atoms with Crippen molar-refractivity contribution in [1.29, 1.82) is 0 Å². The molecular weight excluding hydrogens is 268 g/mol. The molecule has 1 N–H and O–H groups in total. The Kier molecular flexibility index (Phi) is 5.36. The maximum atomic E-state index is 5.76. The average molecular weight is 294 g/mol. The van der Waals surface area contributed by atoms with E-state index in [1.807, 2.05) is 6.07 Å². The molecule has 6 nitrogen and oxygen atoms in total. The lowest BCUT2D eigenvalue weighted by Gasteiger charge is -2.38. The SMILES string of the molecule is CCCNc1cc(N2CCOC(C)(C)C2)nc(COC)n1.